The molecule has 10 rings (SSSR count). The Hall–Kier alpha value is -7.76. The molecule has 6 aromatic carbocycles. The van der Waals surface area contributed by atoms with Crippen LogP contribution in [-0.2, 0) is 125 Å². The van der Waals surface area contributed by atoms with E-state index in [9.17, 15) is 49.8 Å². The molecule has 9 N–H and O–H groups in total. The molecule has 0 aromatic heterocycles. The number of nitrogens with one attached hydrogen (secondary N) is 3. The molecule has 0 saturated carbocycles. The van der Waals surface area contributed by atoms with Gasteiger partial charge in [-0.3, -0.25) is 9.59 Å². The zero-order valence-electron chi connectivity index (χ0n) is 61.6. The number of esters is 1. The van der Waals surface area contributed by atoms with Gasteiger partial charge >= 0.3 is 12.1 Å². The molecular weight excluding hydrogens is 1410 g/mol. The van der Waals surface area contributed by atoms with Crippen molar-refractivity contribution in [2.75, 3.05) is 40.1 Å². The maximum Gasteiger partial charge on any atom is 0.407 e. The van der Waals surface area contributed by atoms with Gasteiger partial charge in [0, 0.05) is 33.4 Å². The SMILES string of the molecule is COC(=O)[C@@]1(O[C@H]2[C@@H](O)[C@@H](COCc3ccccc3)O[C@@H](O[C@H]3[C@H](O[C@@H]4O[C@@H](C)[C@@H](OCc5ccccc5)[C@@H](OCc5ccccc5)[C@@H]4OCc4ccccc4)[C@@H](NC(C)=O)[C@H](OCCCCCCNC(=O)OCc4ccccc4)O[C@@H]3COCc3ccccc3)[C@@H]2O)C[C@H](O)[C@@H](NC(C)=O)[C@H]([C@H](O)[C@H](O)CO)O1. The van der Waals surface area contributed by atoms with Crippen LogP contribution in [-0.4, -0.2) is 223 Å². The molecule has 21 atom stereocenters. The zero-order valence-corrected chi connectivity index (χ0v) is 61.6. The minimum atomic E-state index is -2.90. The number of hydrogen-bond acceptors (Lipinski definition) is 25. The number of benzene rings is 6. The number of aliphatic hydroxyl groups excluding tert-OH is 6. The van der Waals surface area contributed by atoms with Crippen molar-refractivity contribution < 1.29 is 121 Å². The standard InChI is InChI=1S/C81H103N3O25/c1-51-69(99-45-56-31-17-9-18-32-56)74(100-46-57-33-19-10-20-34-57)75(101-47-58-35-21-11-22-36-58)78(103-51)107-72-65(84-53(3)87)76(98-40-26-6-5-25-39-82-80(94)102-48-59-37-23-12-24-38-59)105-63(50-97-44-55-29-15-8-16-30-55)70(72)106-77-68(92)73(67(91)62(104-77)49-96-43-54-27-13-7-14-28-54)109-81(79(93)95-4)41-60(88)64(83-52(2)86)71(108-81)66(90)61(89)42-85/h7-24,27-38,51,60-78,85,88-92H,5-6,25-26,39-50H2,1-4H3,(H,82,94)(H,83,86)(H,84,87)/t51-,60-,61+,62+,63+,64+,65+,66+,67-,68+,69+,70+,71+,72+,73-,74+,75-,76+,77-,78-,81-/m0/s1. The summed E-state index contributed by atoms with van der Waals surface area (Å²) < 4.78 is 99.4. The Morgan fingerprint density at radius 1 is 0.505 bits per heavy atom. The number of carbonyl (C=O) groups is 4. The Balaban J connectivity index is 1.04. The summed E-state index contributed by atoms with van der Waals surface area (Å²) in [6.07, 6.45) is -27.9. The molecular formula is C81H103N3O25. The summed E-state index contributed by atoms with van der Waals surface area (Å²) in [7, 11) is 0.963. The van der Waals surface area contributed by atoms with Gasteiger partial charge in [-0.2, -0.15) is 0 Å². The van der Waals surface area contributed by atoms with E-state index in [0.717, 1.165) is 47.4 Å². The number of unbranched alkanes of at least 4 members (excludes halogenated alkanes) is 3. The molecule has 0 radical (unpaired) electrons. The molecule has 0 aliphatic carbocycles. The Kier molecular flexibility index (Phi) is 32.7. The number of alkyl carbamates (subject to hydrolysis) is 1. The molecule has 6 aromatic rings. The minimum absolute atomic E-state index is 0.00160. The molecule has 4 aliphatic rings. The number of rotatable bonds is 39. The molecule has 109 heavy (non-hydrogen) atoms. The van der Waals surface area contributed by atoms with E-state index in [2.05, 4.69) is 16.0 Å². The van der Waals surface area contributed by atoms with Crippen LogP contribution in [0.2, 0.25) is 0 Å². The van der Waals surface area contributed by atoms with E-state index >= 15 is 0 Å². The number of hydrogen-bond donors (Lipinski definition) is 9. The Morgan fingerprint density at radius 2 is 0.972 bits per heavy atom. The molecule has 0 unspecified atom stereocenters. The van der Waals surface area contributed by atoms with Gasteiger partial charge in [-0.25, -0.2) is 9.59 Å². The maximum atomic E-state index is 14.5. The number of ether oxygens (including phenoxy) is 15. The first-order chi connectivity index (χ1) is 52.9. The Labute approximate surface area is 634 Å². The fourth-order valence-electron chi connectivity index (χ4n) is 13.6. The number of methoxy groups -OCH3 is 1. The van der Waals surface area contributed by atoms with Gasteiger partial charge in [-0.1, -0.05) is 195 Å². The molecule has 0 spiro atoms. The van der Waals surface area contributed by atoms with Crippen molar-refractivity contribution in [3.05, 3.63) is 215 Å². The van der Waals surface area contributed by atoms with Gasteiger partial charge in [0.05, 0.1) is 78.2 Å². The van der Waals surface area contributed by atoms with E-state index in [1.54, 1.807) is 12.1 Å². The van der Waals surface area contributed by atoms with Crippen molar-refractivity contribution in [3.8, 4) is 0 Å². The predicted molar refractivity (Wildman–Crippen MR) is 389 cm³/mol. The van der Waals surface area contributed by atoms with Gasteiger partial charge < -0.3 is 118 Å². The highest BCUT2D eigenvalue weighted by atomic mass is 16.8. The summed E-state index contributed by atoms with van der Waals surface area (Å²) in [5.41, 5.74) is 4.84. The summed E-state index contributed by atoms with van der Waals surface area (Å²) in [6.45, 7) is 3.18. The van der Waals surface area contributed by atoms with Crippen LogP contribution >= 0.6 is 0 Å². The topological polar surface area (TPSA) is 364 Å². The van der Waals surface area contributed by atoms with Crippen molar-refractivity contribution in [2.45, 2.75) is 221 Å². The monoisotopic (exact) mass is 1520 g/mol. The molecule has 4 heterocycles. The predicted octanol–water partition coefficient (Wildman–Crippen LogP) is 5.49. The number of carbonyl (C=O) groups excluding carboxylic acids is 4. The maximum absolute atomic E-state index is 14.5. The van der Waals surface area contributed by atoms with Crippen LogP contribution in [0.25, 0.3) is 0 Å². The lowest BCUT2D eigenvalue weighted by Gasteiger charge is -2.52. The van der Waals surface area contributed by atoms with Crippen molar-refractivity contribution in [2.24, 2.45) is 0 Å². The summed E-state index contributed by atoms with van der Waals surface area (Å²) >= 11 is 0. The van der Waals surface area contributed by atoms with Gasteiger partial charge in [0.15, 0.2) is 18.9 Å². The quantitative estimate of drug-likeness (QED) is 0.0170. The van der Waals surface area contributed by atoms with Crippen LogP contribution < -0.4 is 16.0 Å². The van der Waals surface area contributed by atoms with E-state index in [1.807, 2.05) is 177 Å². The van der Waals surface area contributed by atoms with Crippen LogP contribution in [0.15, 0.2) is 182 Å². The first-order valence-corrected chi connectivity index (χ1v) is 36.9. The third-order valence-electron chi connectivity index (χ3n) is 19.1. The summed E-state index contributed by atoms with van der Waals surface area (Å²) in [5.74, 6) is -5.56. The summed E-state index contributed by atoms with van der Waals surface area (Å²) in [5, 5.41) is 78.5. The van der Waals surface area contributed by atoms with Crippen LogP contribution in [0, 0.1) is 0 Å². The highest BCUT2D eigenvalue weighted by Crippen LogP contribution is 2.41. The zero-order chi connectivity index (χ0) is 77.1. The van der Waals surface area contributed by atoms with Gasteiger partial charge in [-0.15, -0.1) is 0 Å². The molecule has 28 heteroatoms. The Morgan fingerprint density at radius 3 is 1.50 bits per heavy atom. The van der Waals surface area contributed by atoms with Gasteiger partial charge in [0.25, 0.3) is 5.79 Å². The smallest absolute Gasteiger partial charge is 0.407 e. The lowest BCUT2D eigenvalue weighted by molar-refractivity contribution is -0.394. The minimum Gasteiger partial charge on any atom is -0.465 e. The van der Waals surface area contributed by atoms with Crippen molar-refractivity contribution in [1.29, 1.82) is 0 Å². The average Bonchev–Trinajstić information content (AvgIpc) is 0.755. The van der Waals surface area contributed by atoms with Crippen LogP contribution in [0.5, 0.6) is 0 Å². The van der Waals surface area contributed by atoms with E-state index in [1.165, 1.54) is 6.92 Å². The molecule has 3 amide bonds. The molecule has 4 fully saturated rings. The fraction of sp³-hybridized carbons (Fsp3) is 0.506. The third kappa shape index (κ3) is 24.1. The number of aliphatic hydroxyl groups is 6. The van der Waals surface area contributed by atoms with Crippen molar-refractivity contribution in [1.82, 2.24) is 16.0 Å². The van der Waals surface area contributed by atoms with Gasteiger partial charge in [0.2, 0.25) is 11.8 Å². The van der Waals surface area contributed by atoms with Crippen LogP contribution in [0.3, 0.4) is 0 Å². The molecule has 4 aliphatic heterocycles. The molecule has 4 saturated heterocycles. The molecule has 592 valence electrons. The number of amides is 3. The van der Waals surface area contributed by atoms with Gasteiger partial charge in [0.1, 0.15) is 92.0 Å². The van der Waals surface area contributed by atoms with Crippen LogP contribution in [0.1, 0.15) is 86.3 Å². The van der Waals surface area contributed by atoms with E-state index in [0.29, 0.717) is 32.2 Å². The van der Waals surface area contributed by atoms with E-state index in [-0.39, 0.29) is 52.9 Å². The second kappa shape index (κ2) is 42.6. The molecule has 28 nitrogen and oxygen atoms in total. The second-order valence-corrected chi connectivity index (χ2v) is 27.4. The average molecular weight is 1520 g/mol. The molecule has 0 bridgehead atoms. The fourth-order valence-corrected chi connectivity index (χ4v) is 13.6. The Bertz CT molecular complexity index is 3650. The van der Waals surface area contributed by atoms with E-state index in [4.69, 9.17) is 71.1 Å². The second-order valence-electron chi connectivity index (χ2n) is 27.4. The van der Waals surface area contributed by atoms with E-state index < -0.39 is 172 Å². The summed E-state index contributed by atoms with van der Waals surface area (Å²) in [6, 6.07) is 53.3. The highest BCUT2D eigenvalue weighted by Gasteiger charge is 2.62. The summed E-state index contributed by atoms with van der Waals surface area (Å²) in [4.78, 5) is 53.9. The largest absolute Gasteiger partial charge is 0.465 e. The highest BCUT2D eigenvalue weighted by molar-refractivity contribution is 5.78. The normalized spacial score (nSPS) is 28.9. The third-order valence-corrected chi connectivity index (χ3v) is 19.1. The van der Waals surface area contributed by atoms with Gasteiger partial charge in [-0.05, 0) is 53.1 Å². The lowest BCUT2D eigenvalue weighted by atomic mass is 9.88. The lowest BCUT2D eigenvalue weighted by Crippen LogP contribution is -2.71. The van der Waals surface area contributed by atoms with Crippen LogP contribution in [0.4, 0.5) is 4.79 Å². The first kappa shape index (κ1) is 83.7. The first-order valence-electron chi connectivity index (χ1n) is 36.9. The van der Waals surface area contributed by atoms with Crippen molar-refractivity contribution in [3.63, 3.8) is 0 Å². The van der Waals surface area contributed by atoms with Crippen molar-refractivity contribution >= 4 is 23.9 Å².